The number of hydrogen-bond donors (Lipinski definition) is 2. The Morgan fingerprint density at radius 2 is 1.73 bits per heavy atom. The summed E-state index contributed by atoms with van der Waals surface area (Å²) in [5.41, 5.74) is 10.5. The molecule has 2 N–H and O–H groups in total. The molecule has 0 spiro atoms. The zero-order valence-electron chi connectivity index (χ0n) is 16.9. The molecule has 0 bridgehead atoms. The van der Waals surface area contributed by atoms with Gasteiger partial charge in [-0.2, -0.15) is 5.10 Å². The van der Waals surface area contributed by atoms with Gasteiger partial charge in [-0.1, -0.05) is 54.1 Å². The number of aromatic nitrogens is 2. The Balaban J connectivity index is 1.65. The van der Waals surface area contributed by atoms with E-state index in [1.165, 1.54) is 5.56 Å². The van der Waals surface area contributed by atoms with Crippen LogP contribution >= 0.6 is 0 Å². The molecule has 0 aliphatic carbocycles. The molecule has 5 nitrogen and oxygen atoms in total. The van der Waals surface area contributed by atoms with E-state index < -0.39 is 0 Å². The van der Waals surface area contributed by atoms with Crippen LogP contribution in [0.3, 0.4) is 0 Å². The van der Waals surface area contributed by atoms with Gasteiger partial charge in [0.05, 0.1) is 17.3 Å². The average molecular weight is 394 g/mol. The molecule has 0 saturated carbocycles. The van der Waals surface area contributed by atoms with Crippen LogP contribution in [0.5, 0.6) is 0 Å². The van der Waals surface area contributed by atoms with Crippen LogP contribution in [0, 0.1) is 13.8 Å². The van der Waals surface area contributed by atoms with Crippen molar-refractivity contribution in [3.05, 3.63) is 99.6 Å². The van der Waals surface area contributed by atoms with Crippen molar-refractivity contribution in [1.29, 1.82) is 0 Å². The highest BCUT2D eigenvalue weighted by atomic mass is 16.1. The van der Waals surface area contributed by atoms with Gasteiger partial charge in [0.25, 0.3) is 5.56 Å². The van der Waals surface area contributed by atoms with Crippen LogP contribution in [0.4, 0.5) is 0 Å². The fourth-order valence-corrected chi connectivity index (χ4v) is 4.01. The molecule has 4 aromatic rings. The molecule has 1 aliphatic rings. The van der Waals surface area contributed by atoms with Crippen LogP contribution in [0.2, 0.25) is 0 Å². The molecule has 2 aromatic carbocycles. The molecule has 30 heavy (non-hydrogen) atoms. The van der Waals surface area contributed by atoms with Crippen molar-refractivity contribution >= 4 is 16.6 Å². The number of H-pyrrole nitrogens is 1. The lowest BCUT2D eigenvalue weighted by atomic mass is 9.91. The first kappa shape index (κ1) is 18.3. The number of pyridine rings is 2. The van der Waals surface area contributed by atoms with E-state index in [1.807, 2.05) is 43.5 Å². The minimum atomic E-state index is -0.118. The highest BCUT2D eigenvalue weighted by Gasteiger charge is 2.26. The van der Waals surface area contributed by atoms with Gasteiger partial charge in [-0.25, -0.2) is 0 Å². The lowest BCUT2D eigenvalue weighted by Gasteiger charge is -2.14. The number of benzene rings is 2. The second-order valence-corrected chi connectivity index (χ2v) is 7.79. The summed E-state index contributed by atoms with van der Waals surface area (Å²) in [4.78, 5) is 20.6. The SMILES string of the molecule is Cc1ccc(-c2c(C3=NNC(c4ccc(C)nc4)C3)c(=O)[nH]c3ccccc23)cc1. The van der Waals surface area contributed by atoms with Gasteiger partial charge < -0.3 is 10.4 Å². The number of hydrogen-bond acceptors (Lipinski definition) is 4. The largest absolute Gasteiger partial charge is 0.321 e. The summed E-state index contributed by atoms with van der Waals surface area (Å²) >= 11 is 0. The third-order valence-corrected chi connectivity index (χ3v) is 5.64. The minimum absolute atomic E-state index is 0.00448. The van der Waals surface area contributed by atoms with Crippen molar-refractivity contribution in [2.45, 2.75) is 26.3 Å². The van der Waals surface area contributed by atoms with E-state index in [1.54, 1.807) is 0 Å². The van der Waals surface area contributed by atoms with E-state index in [0.717, 1.165) is 39.0 Å². The Kier molecular flexibility index (Phi) is 4.43. The van der Waals surface area contributed by atoms with Crippen LogP contribution in [0.25, 0.3) is 22.0 Å². The molecule has 5 heteroatoms. The fourth-order valence-electron chi connectivity index (χ4n) is 4.01. The van der Waals surface area contributed by atoms with Crippen molar-refractivity contribution in [2.24, 2.45) is 5.10 Å². The van der Waals surface area contributed by atoms with Crippen molar-refractivity contribution in [3.8, 4) is 11.1 Å². The minimum Gasteiger partial charge on any atom is -0.321 e. The number of nitrogens with one attached hydrogen (secondary N) is 2. The predicted octanol–water partition coefficient (Wildman–Crippen LogP) is 4.65. The molecule has 1 unspecified atom stereocenters. The number of hydrazone groups is 1. The van der Waals surface area contributed by atoms with Crippen LogP contribution in [-0.4, -0.2) is 15.7 Å². The number of aromatic amines is 1. The normalized spacial score (nSPS) is 15.8. The van der Waals surface area contributed by atoms with Crippen molar-refractivity contribution in [2.75, 3.05) is 0 Å². The number of aryl methyl sites for hydroxylation is 2. The predicted molar refractivity (Wildman–Crippen MR) is 121 cm³/mol. The molecule has 0 radical (unpaired) electrons. The van der Waals surface area contributed by atoms with Gasteiger partial charge in [-0.3, -0.25) is 9.78 Å². The molecule has 3 heterocycles. The zero-order chi connectivity index (χ0) is 20.7. The van der Waals surface area contributed by atoms with Crippen LogP contribution in [0.15, 0.2) is 76.8 Å². The van der Waals surface area contributed by atoms with Crippen molar-refractivity contribution in [3.63, 3.8) is 0 Å². The van der Waals surface area contributed by atoms with Crippen LogP contribution in [0.1, 0.15) is 34.8 Å². The van der Waals surface area contributed by atoms with Gasteiger partial charge >= 0.3 is 0 Å². The maximum atomic E-state index is 13.2. The molecule has 2 aromatic heterocycles. The first-order valence-electron chi connectivity index (χ1n) is 10.1. The fraction of sp³-hybridized carbons (Fsp3) is 0.160. The van der Waals surface area contributed by atoms with Crippen molar-refractivity contribution in [1.82, 2.24) is 15.4 Å². The lowest BCUT2D eigenvalue weighted by molar-refractivity contribution is 0.617. The molecule has 148 valence electrons. The third-order valence-electron chi connectivity index (χ3n) is 5.64. The summed E-state index contributed by atoms with van der Waals surface area (Å²) in [5, 5.41) is 5.59. The topological polar surface area (TPSA) is 70.1 Å². The smallest absolute Gasteiger partial charge is 0.258 e. The van der Waals surface area contributed by atoms with E-state index in [4.69, 9.17) is 0 Å². The Bertz CT molecular complexity index is 1320. The van der Waals surface area contributed by atoms with Gasteiger partial charge in [0.2, 0.25) is 0 Å². The first-order valence-corrected chi connectivity index (χ1v) is 10.1. The van der Waals surface area contributed by atoms with Crippen LogP contribution in [-0.2, 0) is 0 Å². The Hall–Kier alpha value is -3.73. The van der Waals surface area contributed by atoms with Gasteiger partial charge in [-0.15, -0.1) is 0 Å². The molecule has 0 fully saturated rings. The zero-order valence-corrected chi connectivity index (χ0v) is 16.9. The van der Waals surface area contributed by atoms with Crippen molar-refractivity contribution < 1.29 is 0 Å². The van der Waals surface area contributed by atoms with Gasteiger partial charge in [-0.05, 0) is 37.1 Å². The summed E-state index contributed by atoms with van der Waals surface area (Å²) in [5.74, 6) is 0. The molecule has 1 atom stereocenters. The highest BCUT2D eigenvalue weighted by molar-refractivity contribution is 6.12. The van der Waals surface area contributed by atoms with Gasteiger partial charge in [0, 0.05) is 34.8 Å². The van der Waals surface area contributed by atoms with E-state index in [9.17, 15) is 4.79 Å². The first-order chi connectivity index (χ1) is 14.6. The quantitative estimate of drug-likeness (QED) is 0.532. The number of rotatable bonds is 3. The third kappa shape index (κ3) is 3.18. The van der Waals surface area contributed by atoms with E-state index in [0.29, 0.717) is 12.0 Å². The average Bonchev–Trinajstić information content (AvgIpc) is 3.23. The standard InChI is InChI=1S/C25H22N4O/c1-15-7-10-17(11-8-15)23-19-5-3-4-6-20(19)27-25(30)24(23)22-13-21(28-29-22)18-12-9-16(2)26-14-18/h3-12,14,21,28H,13H2,1-2H3,(H,27,30). The molecule has 0 saturated heterocycles. The van der Waals surface area contributed by atoms with E-state index >= 15 is 0 Å². The number of para-hydroxylation sites is 1. The van der Waals surface area contributed by atoms with E-state index in [-0.39, 0.29) is 11.6 Å². The summed E-state index contributed by atoms with van der Waals surface area (Å²) in [6, 6.07) is 20.3. The summed E-state index contributed by atoms with van der Waals surface area (Å²) in [6.45, 7) is 4.03. The summed E-state index contributed by atoms with van der Waals surface area (Å²) < 4.78 is 0. The lowest BCUT2D eigenvalue weighted by Crippen LogP contribution is -2.20. The monoisotopic (exact) mass is 394 g/mol. The number of fused-ring (bicyclic) bond motifs is 1. The highest BCUT2D eigenvalue weighted by Crippen LogP contribution is 2.33. The van der Waals surface area contributed by atoms with E-state index in [2.05, 4.69) is 57.8 Å². The van der Waals surface area contributed by atoms with Crippen LogP contribution < -0.4 is 11.0 Å². The second kappa shape index (κ2) is 7.26. The Morgan fingerprint density at radius 3 is 2.50 bits per heavy atom. The maximum Gasteiger partial charge on any atom is 0.258 e. The summed E-state index contributed by atoms with van der Waals surface area (Å²) in [6.07, 6.45) is 2.50. The Labute approximate surface area is 174 Å². The molecule has 0 amide bonds. The maximum absolute atomic E-state index is 13.2. The Morgan fingerprint density at radius 1 is 0.933 bits per heavy atom. The van der Waals surface area contributed by atoms with Gasteiger partial charge in [0.15, 0.2) is 0 Å². The molecule has 5 rings (SSSR count). The summed E-state index contributed by atoms with van der Waals surface area (Å²) in [7, 11) is 0. The molecular formula is C25H22N4O. The van der Waals surface area contributed by atoms with Gasteiger partial charge in [0.1, 0.15) is 0 Å². The number of nitrogens with zero attached hydrogens (tertiary/aromatic N) is 2. The second-order valence-electron chi connectivity index (χ2n) is 7.79. The molecule has 1 aliphatic heterocycles. The molecular weight excluding hydrogens is 372 g/mol.